The number of likely N-dealkylation sites (tertiary alicyclic amines) is 2. The fourth-order valence-electron chi connectivity index (χ4n) is 4.96. The molecule has 2 saturated heterocycles. The van der Waals surface area contributed by atoms with Crippen LogP contribution in [0.3, 0.4) is 0 Å². The molecular formula is C19H35N3O2. The summed E-state index contributed by atoms with van der Waals surface area (Å²) in [5.41, 5.74) is -0.218. The highest BCUT2D eigenvalue weighted by Crippen LogP contribution is 2.36. The van der Waals surface area contributed by atoms with Crippen LogP contribution in [0.15, 0.2) is 0 Å². The molecule has 0 bridgehead atoms. The van der Waals surface area contributed by atoms with Crippen molar-refractivity contribution in [1.29, 1.82) is 0 Å². The zero-order valence-corrected chi connectivity index (χ0v) is 15.1. The van der Waals surface area contributed by atoms with Crippen molar-refractivity contribution < 1.29 is 9.90 Å². The van der Waals surface area contributed by atoms with Crippen LogP contribution in [0.25, 0.3) is 0 Å². The number of piperidine rings is 1. The van der Waals surface area contributed by atoms with E-state index in [0.717, 1.165) is 65.0 Å². The predicted octanol–water partition coefficient (Wildman–Crippen LogP) is 1.61. The van der Waals surface area contributed by atoms with Gasteiger partial charge in [0.25, 0.3) is 0 Å². The molecule has 5 nitrogen and oxygen atoms in total. The molecule has 5 heteroatoms. The minimum atomic E-state index is -0.218. The molecule has 3 fully saturated rings. The van der Waals surface area contributed by atoms with Gasteiger partial charge in [0.2, 0.25) is 5.91 Å². The van der Waals surface area contributed by atoms with Crippen molar-refractivity contribution in [3.8, 4) is 0 Å². The van der Waals surface area contributed by atoms with E-state index in [1.807, 2.05) is 0 Å². The average molecular weight is 338 g/mol. The molecule has 1 unspecified atom stereocenters. The van der Waals surface area contributed by atoms with Crippen LogP contribution in [-0.2, 0) is 4.79 Å². The van der Waals surface area contributed by atoms with Crippen LogP contribution in [-0.4, -0.2) is 72.2 Å². The van der Waals surface area contributed by atoms with Gasteiger partial charge in [-0.05, 0) is 64.1 Å². The number of amides is 1. The van der Waals surface area contributed by atoms with Crippen LogP contribution in [0.5, 0.6) is 0 Å². The first-order valence-corrected chi connectivity index (χ1v) is 10.1. The molecule has 0 aromatic heterocycles. The van der Waals surface area contributed by atoms with Gasteiger partial charge in [0.05, 0.1) is 0 Å². The number of hydrogen-bond acceptors (Lipinski definition) is 4. The number of nitrogens with zero attached hydrogens (tertiary/aromatic N) is 2. The van der Waals surface area contributed by atoms with Gasteiger partial charge in [-0.2, -0.15) is 0 Å². The predicted molar refractivity (Wildman–Crippen MR) is 95.9 cm³/mol. The Labute approximate surface area is 146 Å². The second kappa shape index (κ2) is 8.63. The van der Waals surface area contributed by atoms with Crippen molar-refractivity contribution in [2.45, 2.75) is 63.3 Å². The lowest BCUT2D eigenvalue weighted by molar-refractivity contribution is -0.135. The fraction of sp³-hybridized carbons (Fsp3) is 0.947. The van der Waals surface area contributed by atoms with E-state index in [0.29, 0.717) is 12.5 Å². The summed E-state index contributed by atoms with van der Waals surface area (Å²) in [7, 11) is 0. The molecule has 2 heterocycles. The Morgan fingerprint density at radius 2 is 1.79 bits per heavy atom. The number of hydrogen-bond donors (Lipinski definition) is 2. The summed E-state index contributed by atoms with van der Waals surface area (Å²) in [5, 5.41) is 12.6. The first-order chi connectivity index (χ1) is 11.7. The highest BCUT2D eigenvalue weighted by molar-refractivity contribution is 5.86. The quantitative estimate of drug-likeness (QED) is 0.773. The lowest BCUT2D eigenvalue weighted by Gasteiger charge is -2.43. The number of carbonyl (C=O) groups is 1. The second-order valence-electron chi connectivity index (χ2n) is 8.03. The maximum Gasteiger partial charge on any atom is 0.240 e. The van der Waals surface area contributed by atoms with Gasteiger partial charge in [-0.1, -0.05) is 19.3 Å². The maximum atomic E-state index is 13.1. The van der Waals surface area contributed by atoms with Gasteiger partial charge < -0.3 is 15.3 Å². The molecule has 24 heavy (non-hydrogen) atoms. The van der Waals surface area contributed by atoms with Gasteiger partial charge in [0, 0.05) is 26.2 Å². The summed E-state index contributed by atoms with van der Waals surface area (Å²) in [6.07, 6.45) is 10.5. The van der Waals surface area contributed by atoms with Crippen LogP contribution < -0.4 is 5.32 Å². The lowest BCUT2D eigenvalue weighted by Crippen LogP contribution is -2.59. The third-order valence-corrected chi connectivity index (χ3v) is 6.39. The zero-order chi connectivity index (χ0) is 16.8. The van der Waals surface area contributed by atoms with E-state index in [9.17, 15) is 9.90 Å². The van der Waals surface area contributed by atoms with Crippen LogP contribution in [0.2, 0.25) is 0 Å². The second-order valence-corrected chi connectivity index (χ2v) is 8.03. The summed E-state index contributed by atoms with van der Waals surface area (Å²) in [6.45, 7) is 6.22. The van der Waals surface area contributed by atoms with Gasteiger partial charge in [-0.25, -0.2) is 0 Å². The molecular weight excluding hydrogens is 302 g/mol. The van der Waals surface area contributed by atoms with E-state index in [-0.39, 0.29) is 11.4 Å². The molecule has 2 aliphatic heterocycles. The third-order valence-electron chi connectivity index (χ3n) is 6.39. The van der Waals surface area contributed by atoms with Gasteiger partial charge in [0.1, 0.15) is 5.54 Å². The molecule has 1 saturated carbocycles. The Morgan fingerprint density at radius 1 is 1.04 bits per heavy atom. The van der Waals surface area contributed by atoms with Crippen molar-refractivity contribution in [2.24, 2.45) is 5.92 Å². The monoisotopic (exact) mass is 337 g/mol. The van der Waals surface area contributed by atoms with E-state index >= 15 is 0 Å². The molecule has 0 aromatic carbocycles. The number of aliphatic hydroxyl groups is 1. The largest absolute Gasteiger partial charge is 0.396 e. The van der Waals surface area contributed by atoms with Gasteiger partial charge in [0.15, 0.2) is 0 Å². The Morgan fingerprint density at radius 3 is 2.50 bits per heavy atom. The first-order valence-electron chi connectivity index (χ1n) is 10.1. The highest BCUT2D eigenvalue weighted by Gasteiger charge is 2.45. The van der Waals surface area contributed by atoms with Gasteiger partial charge in [-0.15, -0.1) is 0 Å². The van der Waals surface area contributed by atoms with Crippen LogP contribution in [0, 0.1) is 5.92 Å². The van der Waals surface area contributed by atoms with Crippen LogP contribution >= 0.6 is 0 Å². The van der Waals surface area contributed by atoms with E-state index in [4.69, 9.17) is 0 Å². The smallest absolute Gasteiger partial charge is 0.240 e. The number of nitrogens with one attached hydrogen (secondary N) is 1. The molecule has 2 N–H and O–H groups in total. The number of carbonyl (C=O) groups excluding carboxylic acids is 1. The zero-order valence-electron chi connectivity index (χ0n) is 15.1. The van der Waals surface area contributed by atoms with Crippen molar-refractivity contribution >= 4 is 5.91 Å². The van der Waals surface area contributed by atoms with E-state index in [1.54, 1.807) is 0 Å². The maximum absolute atomic E-state index is 13.1. The molecule has 1 aliphatic carbocycles. The molecule has 138 valence electrons. The van der Waals surface area contributed by atoms with Crippen molar-refractivity contribution in [2.75, 3.05) is 45.9 Å². The van der Waals surface area contributed by atoms with Crippen LogP contribution in [0.4, 0.5) is 0 Å². The molecule has 0 spiro atoms. The van der Waals surface area contributed by atoms with Crippen molar-refractivity contribution in [3.63, 3.8) is 0 Å². The van der Waals surface area contributed by atoms with E-state index in [1.165, 1.54) is 32.1 Å². The Balaban J connectivity index is 1.50. The fourth-order valence-corrected chi connectivity index (χ4v) is 4.96. The summed E-state index contributed by atoms with van der Waals surface area (Å²) < 4.78 is 0. The SMILES string of the molecule is O=C(NCCN1CCCC(CO)C1)C1(N2CCCC2)CCCCC1. The third kappa shape index (κ3) is 4.12. The standard InChI is InChI=1S/C19H35N3O2/c23-16-17-7-6-11-21(15-17)14-10-20-18(24)19(8-2-1-3-9-19)22-12-4-5-13-22/h17,23H,1-16H2,(H,20,24). The Hall–Kier alpha value is -0.650. The molecule has 1 atom stereocenters. The lowest BCUT2D eigenvalue weighted by atomic mass is 9.79. The first kappa shape index (κ1) is 18.2. The number of rotatable bonds is 6. The van der Waals surface area contributed by atoms with E-state index < -0.39 is 0 Å². The van der Waals surface area contributed by atoms with E-state index in [2.05, 4.69) is 15.1 Å². The van der Waals surface area contributed by atoms with Crippen molar-refractivity contribution in [1.82, 2.24) is 15.1 Å². The van der Waals surface area contributed by atoms with Crippen LogP contribution in [0.1, 0.15) is 57.8 Å². The van der Waals surface area contributed by atoms with Gasteiger partial charge >= 0.3 is 0 Å². The molecule has 0 aromatic rings. The molecule has 1 amide bonds. The molecule has 3 rings (SSSR count). The number of aliphatic hydroxyl groups excluding tert-OH is 1. The summed E-state index contributed by atoms with van der Waals surface area (Å²) >= 11 is 0. The molecule has 3 aliphatic rings. The average Bonchev–Trinajstić information content (AvgIpc) is 3.17. The summed E-state index contributed by atoms with van der Waals surface area (Å²) in [4.78, 5) is 17.9. The Bertz CT molecular complexity index is 403. The normalized spacial score (nSPS) is 28.8. The van der Waals surface area contributed by atoms with Gasteiger partial charge in [-0.3, -0.25) is 9.69 Å². The Kier molecular flexibility index (Phi) is 6.53. The topological polar surface area (TPSA) is 55.8 Å². The summed E-state index contributed by atoms with van der Waals surface area (Å²) in [6, 6.07) is 0. The minimum absolute atomic E-state index is 0.218. The highest BCUT2D eigenvalue weighted by atomic mass is 16.3. The molecule has 0 radical (unpaired) electrons. The minimum Gasteiger partial charge on any atom is -0.396 e. The summed E-state index contributed by atoms with van der Waals surface area (Å²) in [5.74, 6) is 0.698. The van der Waals surface area contributed by atoms with Crippen molar-refractivity contribution in [3.05, 3.63) is 0 Å².